The molecule has 0 saturated heterocycles. The SMILES string of the molecule is Cc1c(Br)cccc1NC(=O)C(C)(C)c1ccc(N)cc1. The van der Waals surface area contributed by atoms with E-state index in [9.17, 15) is 4.79 Å². The Hall–Kier alpha value is -1.81. The zero-order chi connectivity index (χ0) is 15.6. The standard InChI is InChI=1S/C17H19BrN2O/c1-11-14(18)5-4-6-15(11)20-16(21)17(2,3)12-7-9-13(19)10-8-12/h4-10H,19H2,1-3H3,(H,20,21). The molecule has 0 aromatic heterocycles. The summed E-state index contributed by atoms with van der Waals surface area (Å²) in [6.07, 6.45) is 0. The molecule has 21 heavy (non-hydrogen) atoms. The number of hydrogen-bond acceptors (Lipinski definition) is 2. The molecule has 110 valence electrons. The number of benzene rings is 2. The highest BCUT2D eigenvalue weighted by Crippen LogP contribution is 2.28. The summed E-state index contributed by atoms with van der Waals surface area (Å²) in [6.45, 7) is 5.78. The van der Waals surface area contributed by atoms with Crippen LogP contribution in [-0.4, -0.2) is 5.91 Å². The lowest BCUT2D eigenvalue weighted by atomic mass is 9.83. The molecule has 0 aliphatic heterocycles. The number of hydrogen-bond donors (Lipinski definition) is 2. The van der Waals surface area contributed by atoms with Gasteiger partial charge < -0.3 is 11.1 Å². The van der Waals surface area contributed by atoms with Crippen LogP contribution < -0.4 is 11.1 Å². The Morgan fingerprint density at radius 1 is 1.14 bits per heavy atom. The third-order valence-corrected chi connectivity index (χ3v) is 4.58. The molecule has 0 bridgehead atoms. The number of carbonyl (C=O) groups is 1. The zero-order valence-corrected chi connectivity index (χ0v) is 14.0. The highest BCUT2D eigenvalue weighted by molar-refractivity contribution is 9.10. The van der Waals surface area contributed by atoms with Gasteiger partial charge in [0.1, 0.15) is 0 Å². The molecule has 3 nitrogen and oxygen atoms in total. The van der Waals surface area contributed by atoms with Crippen molar-refractivity contribution < 1.29 is 4.79 Å². The van der Waals surface area contributed by atoms with Crippen LogP contribution in [0.3, 0.4) is 0 Å². The van der Waals surface area contributed by atoms with Crippen LogP contribution in [0.25, 0.3) is 0 Å². The Bertz CT molecular complexity index is 663. The Balaban J connectivity index is 2.26. The third kappa shape index (κ3) is 3.27. The quantitative estimate of drug-likeness (QED) is 0.816. The molecule has 0 radical (unpaired) electrons. The van der Waals surface area contributed by atoms with Crippen LogP contribution in [0.2, 0.25) is 0 Å². The Labute approximate surface area is 133 Å². The van der Waals surface area contributed by atoms with Gasteiger partial charge in [0.05, 0.1) is 5.41 Å². The second-order valence-electron chi connectivity index (χ2n) is 5.61. The number of nitrogens with one attached hydrogen (secondary N) is 1. The minimum absolute atomic E-state index is 0.0477. The molecular weight excluding hydrogens is 328 g/mol. The number of anilines is 2. The Morgan fingerprint density at radius 2 is 1.76 bits per heavy atom. The van der Waals surface area contributed by atoms with Gasteiger partial charge in [-0.05, 0) is 56.2 Å². The van der Waals surface area contributed by atoms with Gasteiger partial charge in [0.2, 0.25) is 5.91 Å². The van der Waals surface area contributed by atoms with Crippen molar-refractivity contribution in [1.82, 2.24) is 0 Å². The van der Waals surface area contributed by atoms with Gasteiger partial charge in [-0.2, -0.15) is 0 Å². The van der Waals surface area contributed by atoms with Crippen LogP contribution in [0.4, 0.5) is 11.4 Å². The van der Waals surface area contributed by atoms with Gasteiger partial charge in [-0.1, -0.05) is 34.1 Å². The maximum Gasteiger partial charge on any atom is 0.234 e. The smallest absolute Gasteiger partial charge is 0.234 e. The van der Waals surface area contributed by atoms with E-state index in [4.69, 9.17) is 5.73 Å². The first kappa shape index (κ1) is 15.6. The van der Waals surface area contributed by atoms with Crippen molar-refractivity contribution in [2.75, 3.05) is 11.1 Å². The monoisotopic (exact) mass is 346 g/mol. The van der Waals surface area contributed by atoms with E-state index >= 15 is 0 Å². The molecule has 1 amide bonds. The van der Waals surface area contributed by atoms with Crippen molar-refractivity contribution >= 4 is 33.2 Å². The normalized spacial score (nSPS) is 11.2. The molecule has 2 rings (SSSR count). The summed E-state index contributed by atoms with van der Waals surface area (Å²) in [7, 11) is 0. The summed E-state index contributed by atoms with van der Waals surface area (Å²) in [5.41, 5.74) is 8.52. The number of amides is 1. The molecule has 0 heterocycles. The number of nitrogens with two attached hydrogens (primary N) is 1. The van der Waals surface area contributed by atoms with E-state index < -0.39 is 5.41 Å². The number of nitrogen functional groups attached to an aromatic ring is 1. The van der Waals surface area contributed by atoms with E-state index in [0.717, 1.165) is 21.3 Å². The Morgan fingerprint density at radius 3 is 2.38 bits per heavy atom. The minimum Gasteiger partial charge on any atom is -0.399 e. The fourth-order valence-electron chi connectivity index (χ4n) is 2.05. The van der Waals surface area contributed by atoms with E-state index in [-0.39, 0.29) is 5.91 Å². The first-order valence-corrected chi connectivity index (χ1v) is 7.54. The van der Waals surface area contributed by atoms with Gasteiger partial charge >= 0.3 is 0 Å². The summed E-state index contributed by atoms with van der Waals surface area (Å²) in [5, 5.41) is 3.00. The van der Waals surface area contributed by atoms with Crippen LogP contribution in [-0.2, 0) is 10.2 Å². The number of carbonyl (C=O) groups excluding carboxylic acids is 1. The Kier molecular flexibility index (Phi) is 4.37. The summed E-state index contributed by atoms with van der Waals surface area (Å²) < 4.78 is 0.977. The van der Waals surface area contributed by atoms with E-state index in [1.165, 1.54) is 0 Å². The lowest BCUT2D eigenvalue weighted by molar-refractivity contribution is -0.120. The van der Waals surface area contributed by atoms with Gasteiger partial charge in [0, 0.05) is 15.8 Å². The predicted octanol–water partition coefficient (Wildman–Crippen LogP) is 4.26. The van der Waals surface area contributed by atoms with E-state index in [2.05, 4.69) is 21.2 Å². The molecule has 0 spiro atoms. The first-order valence-electron chi connectivity index (χ1n) is 6.75. The number of rotatable bonds is 3. The fourth-order valence-corrected chi connectivity index (χ4v) is 2.42. The van der Waals surface area contributed by atoms with E-state index in [1.54, 1.807) is 0 Å². The fraction of sp³-hybridized carbons (Fsp3) is 0.235. The van der Waals surface area contributed by atoms with Crippen molar-refractivity contribution in [2.45, 2.75) is 26.2 Å². The molecule has 0 fully saturated rings. The maximum absolute atomic E-state index is 12.6. The summed E-state index contributed by atoms with van der Waals surface area (Å²) >= 11 is 3.47. The third-order valence-electron chi connectivity index (χ3n) is 3.72. The van der Waals surface area contributed by atoms with Crippen LogP contribution in [0, 0.1) is 6.92 Å². The summed E-state index contributed by atoms with van der Waals surface area (Å²) in [4.78, 5) is 12.6. The molecular formula is C17H19BrN2O. The molecule has 2 aromatic carbocycles. The average molecular weight is 347 g/mol. The molecule has 2 aromatic rings. The molecule has 0 atom stereocenters. The van der Waals surface area contributed by atoms with Crippen molar-refractivity contribution in [3.05, 3.63) is 58.1 Å². The maximum atomic E-state index is 12.6. The predicted molar refractivity (Wildman–Crippen MR) is 91.4 cm³/mol. The summed E-state index contributed by atoms with van der Waals surface area (Å²) in [6, 6.07) is 13.2. The molecule has 0 aliphatic carbocycles. The first-order chi connectivity index (χ1) is 9.82. The molecule has 0 aliphatic rings. The second-order valence-corrected chi connectivity index (χ2v) is 6.47. The van der Waals surface area contributed by atoms with Crippen LogP contribution in [0.1, 0.15) is 25.0 Å². The van der Waals surface area contributed by atoms with E-state index in [1.807, 2.05) is 63.2 Å². The van der Waals surface area contributed by atoms with Crippen LogP contribution in [0.15, 0.2) is 46.9 Å². The van der Waals surface area contributed by atoms with Crippen molar-refractivity contribution in [2.24, 2.45) is 0 Å². The van der Waals surface area contributed by atoms with Crippen LogP contribution >= 0.6 is 15.9 Å². The van der Waals surface area contributed by atoms with Gasteiger partial charge in [-0.15, -0.1) is 0 Å². The van der Waals surface area contributed by atoms with Crippen LogP contribution in [0.5, 0.6) is 0 Å². The molecule has 3 N–H and O–H groups in total. The van der Waals surface area contributed by atoms with Gasteiger partial charge in [-0.3, -0.25) is 4.79 Å². The van der Waals surface area contributed by atoms with Crippen molar-refractivity contribution in [1.29, 1.82) is 0 Å². The van der Waals surface area contributed by atoms with Gasteiger partial charge in [0.15, 0.2) is 0 Å². The lowest BCUT2D eigenvalue weighted by Gasteiger charge is -2.25. The molecule has 4 heteroatoms. The molecule has 0 unspecified atom stereocenters. The second kappa shape index (κ2) is 5.90. The lowest BCUT2D eigenvalue weighted by Crippen LogP contribution is -2.34. The zero-order valence-electron chi connectivity index (χ0n) is 12.4. The van der Waals surface area contributed by atoms with Gasteiger partial charge in [-0.25, -0.2) is 0 Å². The number of halogens is 1. The van der Waals surface area contributed by atoms with Crippen molar-refractivity contribution in [3.63, 3.8) is 0 Å². The van der Waals surface area contributed by atoms with Crippen molar-refractivity contribution in [3.8, 4) is 0 Å². The highest BCUT2D eigenvalue weighted by Gasteiger charge is 2.30. The minimum atomic E-state index is -0.636. The largest absolute Gasteiger partial charge is 0.399 e. The summed E-state index contributed by atoms with van der Waals surface area (Å²) in [5.74, 6) is -0.0477. The van der Waals surface area contributed by atoms with Gasteiger partial charge in [0.25, 0.3) is 0 Å². The molecule has 0 saturated carbocycles. The average Bonchev–Trinajstić information content (AvgIpc) is 2.44. The van der Waals surface area contributed by atoms with E-state index in [0.29, 0.717) is 5.69 Å². The topological polar surface area (TPSA) is 55.1 Å². The highest BCUT2D eigenvalue weighted by atomic mass is 79.9.